The molecule has 0 saturated heterocycles. The van der Waals surface area contributed by atoms with Crippen LogP contribution in [0.15, 0.2) is 24.3 Å². The van der Waals surface area contributed by atoms with Crippen LogP contribution in [0, 0.1) is 0 Å². The molecule has 0 amide bonds. The highest BCUT2D eigenvalue weighted by atomic mass is 31.2. The summed E-state index contributed by atoms with van der Waals surface area (Å²) in [5.41, 5.74) is 0. The molecule has 0 aromatic heterocycles. The molecule has 2 N–H and O–H groups in total. The fourth-order valence-electron chi connectivity index (χ4n) is 5.92. The summed E-state index contributed by atoms with van der Waals surface area (Å²) in [5, 5.41) is 3.00. The molecule has 0 bridgehead atoms. The van der Waals surface area contributed by atoms with Gasteiger partial charge < -0.3 is 19.7 Å². The first-order chi connectivity index (χ1) is 25.8. The van der Waals surface area contributed by atoms with Crippen molar-refractivity contribution >= 4 is 19.8 Å². The lowest BCUT2D eigenvalue weighted by Gasteiger charge is -2.20. The molecule has 0 heterocycles. The van der Waals surface area contributed by atoms with Gasteiger partial charge in [0.05, 0.1) is 13.2 Å². The van der Waals surface area contributed by atoms with E-state index in [-0.39, 0.29) is 32.0 Å². The van der Waals surface area contributed by atoms with Gasteiger partial charge in [-0.2, -0.15) is 0 Å². The Labute approximate surface area is 325 Å². The van der Waals surface area contributed by atoms with Crippen molar-refractivity contribution in [3.63, 3.8) is 0 Å². The summed E-state index contributed by atoms with van der Waals surface area (Å²) >= 11 is 0. The van der Waals surface area contributed by atoms with Gasteiger partial charge in [-0.1, -0.05) is 148 Å². The zero-order chi connectivity index (χ0) is 38.9. The fraction of sp³-hybridized carbons (Fsp3) is 0.860. The summed E-state index contributed by atoms with van der Waals surface area (Å²) in [4.78, 5) is 35.1. The van der Waals surface area contributed by atoms with E-state index in [1.807, 2.05) is 6.92 Å². The summed E-state index contributed by atoms with van der Waals surface area (Å²) in [6.45, 7) is 6.87. The Morgan fingerprint density at radius 2 is 0.981 bits per heavy atom. The first-order valence-electron chi connectivity index (χ1n) is 21.8. The van der Waals surface area contributed by atoms with Gasteiger partial charge in [-0.15, -0.1) is 0 Å². The Morgan fingerprint density at radius 1 is 0.566 bits per heavy atom. The minimum atomic E-state index is -4.36. The number of hydrogen-bond acceptors (Lipinski definition) is 8. The number of ether oxygens (including phenoxy) is 2. The second-order valence-corrected chi connectivity index (χ2v) is 15.9. The van der Waals surface area contributed by atoms with Crippen LogP contribution in [0.5, 0.6) is 0 Å². The maximum atomic E-state index is 12.6. The van der Waals surface area contributed by atoms with E-state index < -0.39 is 26.5 Å². The van der Waals surface area contributed by atoms with Crippen LogP contribution in [-0.2, 0) is 32.7 Å². The Balaban J connectivity index is 4.30. The lowest BCUT2D eigenvalue weighted by atomic mass is 10.1. The number of phosphoric ester groups is 1. The van der Waals surface area contributed by atoms with E-state index in [0.717, 1.165) is 70.6 Å². The van der Waals surface area contributed by atoms with Crippen LogP contribution in [0.25, 0.3) is 0 Å². The predicted molar refractivity (Wildman–Crippen MR) is 220 cm³/mol. The average molecular weight is 772 g/mol. The van der Waals surface area contributed by atoms with Crippen LogP contribution in [0.1, 0.15) is 201 Å². The van der Waals surface area contributed by atoms with Crippen molar-refractivity contribution < 1.29 is 37.6 Å². The molecule has 0 spiro atoms. The van der Waals surface area contributed by atoms with Crippen LogP contribution in [-0.4, -0.2) is 55.8 Å². The van der Waals surface area contributed by atoms with E-state index in [1.165, 1.54) is 89.9 Å². The van der Waals surface area contributed by atoms with E-state index >= 15 is 0 Å². The van der Waals surface area contributed by atoms with Crippen molar-refractivity contribution in [1.82, 2.24) is 5.32 Å². The number of nitrogens with one attached hydrogen (secondary N) is 1. The predicted octanol–water partition coefficient (Wildman–Crippen LogP) is 12.3. The quantitative estimate of drug-likeness (QED) is 0.0271. The van der Waals surface area contributed by atoms with Crippen LogP contribution >= 0.6 is 7.82 Å². The topological polar surface area (TPSA) is 120 Å². The van der Waals surface area contributed by atoms with Crippen LogP contribution in [0.3, 0.4) is 0 Å². The van der Waals surface area contributed by atoms with Gasteiger partial charge in [0.25, 0.3) is 0 Å². The minimum absolute atomic E-state index is 0.00745. The summed E-state index contributed by atoms with van der Waals surface area (Å²) in [5.74, 6) is -0.819. The van der Waals surface area contributed by atoms with Gasteiger partial charge in [0.2, 0.25) is 0 Å². The molecule has 53 heavy (non-hydrogen) atoms. The highest BCUT2D eigenvalue weighted by Crippen LogP contribution is 2.43. The van der Waals surface area contributed by atoms with Crippen molar-refractivity contribution in [2.75, 3.05) is 32.9 Å². The highest BCUT2D eigenvalue weighted by Gasteiger charge is 2.26. The lowest BCUT2D eigenvalue weighted by molar-refractivity contribution is -0.161. The fourth-order valence-corrected chi connectivity index (χ4v) is 6.67. The van der Waals surface area contributed by atoms with E-state index in [9.17, 15) is 19.0 Å². The number of phosphoric acid groups is 1. The number of carbonyl (C=O) groups is 2. The number of unbranched alkanes of at least 4 members (excludes halogenated alkanes) is 22. The van der Waals surface area contributed by atoms with Crippen LogP contribution in [0.2, 0.25) is 0 Å². The molecule has 0 aliphatic rings. The number of esters is 2. The Hall–Kier alpha value is -1.51. The molecule has 2 atom stereocenters. The first-order valence-corrected chi connectivity index (χ1v) is 23.3. The smallest absolute Gasteiger partial charge is 0.462 e. The number of likely N-dealkylation sites (N-methyl/N-ethyl adjacent to an activating group) is 1. The molecular weight excluding hydrogens is 689 g/mol. The molecule has 312 valence electrons. The number of allylic oxidation sites excluding steroid dienone is 4. The Kier molecular flexibility index (Phi) is 39.0. The number of hydrogen-bond donors (Lipinski definition) is 2. The van der Waals surface area contributed by atoms with Gasteiger partial charge in [0.1, 0.15) is 6.61 Å². The standard InChI is InChI=1S/C43H82NO8P/c1-4-7-9-11-13-15-17-19-21-23-25-27-29-31-33-35-42(45)49-39-41(40-51-53(47,48)50-38-37-44-6-3)52-43(46)36-34-32-30-28-26-24-22-20-18-16-14-12-10-8-5-2/h19-22,41,44H,4-18,23-40H2,1-3H3,(H,47,48)/b21-19+,22-20+. The van der Waals surface area contributed by atoms with Crippen LogP contribution in [0.4, 0.5) is 0 Å². The monoisotopic (exact) mass is 772 g/mol. The van der Waals surface area contributed by atoms with Gasteiger partial charge in [-0.3, -0.25) is 18.6 Å². The first kappa shape index (κ1) is 51.5. The molecule has 2 unspecified atom stereocenters. The molecule has 0 saturated carbocycles. The molecule has 0 aromatic rings. The molecule has 0 fully saturated rings. The summed E-state index contributed by atoms with van der Waals surface area (Å²) < 4.78 is 33.4. The maximum Gasteiger partial charge on any atom is 0.472 e. The molecule has 0 rings (SSSR count). The second-order valence-electron chi connectivity index (χ2n) is 14.4. The minimum Gasteiger partial charge on any atom is -0.462 e. The molecular formula is C43H82NO8P. The molecule has 0 aromatic carbocycles. The number of rotatable bonds is 41. The van der Waals surface area contributed by atoms with E-state index in [1.54, 1.807) is 0 Å². The zero-order valence-electron chi connectivity index (χ0n) is 34.5. The van der Waals surface area contributed by atoms with Gasteiger partial charge in [-0.05, 0) is 70.8 Å². The van der Waals surface area contributed by atoms with E-state index in [2.05, 4.69) is 43.5 Å². The highest BCUT2D eigenvalue weighted by molar-refractivity contribution is 7.47. The van der Waals surface area contributed by atoms with Crippen molar-refractivity contribution in [2.24, 2.45) is 0 Å². The maximum absolute atomic E-state index is 12.6. The van der Waals surface area contributed by atoms with Crippen LogP contribution < -0.4 is 5.32 Å². The Bertz CT molecular complexity index is 928. The second kappa shape index (κ2) is 40.2. The third kappa shape index (κ3) is 40.0. The van der Waals surface area contributed by atoms with Gasteiger partial charge in [0.15, 0.2) is 6.10 Å². The largest absolute Gasteiger partial charge is 0.472 e. The van der Waals surface area contributed by atoms with E-state index in [4.69, 9.17) is 18.5 Å². The van der Waals surface area contributed by atoms with E-state index in [0.29, 0.717) is 19.5 Å². The van der Waals surface area contributed by atoms with Crippen molar-refractivity contribution in [2.45, 2.75) is 207 Å². The van der Waals surface area contributed by atoms with Crippen molar-refractivity contribution in [3.05, 3.63) is 24.3 Å². The van der Waals surface area contributed by atoms with Crippen molar-refractivity contribution in [3.8, 4) is 0 Å². The molecule has 9 nitrogen and oxygen atoms in total. The molecule has 10 heteroatoms. The number of carbonyl (C=O) groups excluding carboxylic acids is 2. The van der Waals surface area contributed by atoms with Gasteiger partial charge >= 0.3 is 19.8 Å². The zero-order valence-corrected chi connectivity index (χ0v) is 35.4. The normalized spacial score (nSPS) is 13.5. The summed E-state index contributed by atoms with van der Waals surface area (Å²) in [6, 6.07) is 0. The SMILES string of the molecule is CCCCCCCC/C=C/CCCCCCCC(=O)OCC(COP(=O)(O)OCCNCC)OC(=O)CCCCCCC/C=C/CCCCCCCC. The molecule has 0 radical (unpaired) electrons. The Morgan fingerprint density at radius 3 is 1.43 bits per heavy atom. The summed E-state index contributed by atoms with van der Waals surface area (Å²) in [7, 11) is -4.36. The van der Waals surface area contributed by atoms with Gasteiger partial charge in [-0.25, -0.2) is 4.57 Å². The average Bonchev–Trinajstić information content (AvgIpc) is 3.14. The molecule has 0 aliphatic carbocycles. The van der Waals surface area contributed by atoms with Crippen molar-refractivity contribution in [1.29, 1.82) is 0 Å². The summed E-state index contributed by atoms with van der Waals surface area (Å²) in [6.07, 6.45) is 39.3. The molecule has 0 aliphatic heterocycles. The third-order valence-electron chi connectivity index (χ3n) is 9.22. The lowest BCUT2D eigenvalue weighted by Crippen LogP contribution is -2.29. The van der Waals surface area contributed by atoms with Gasteiger partial charge in [0, 0.05) is 19.4 Å². The third-order valence-corrected chi connectivity index (χ3v) is 10.2.